The number of rotatable bonds is 7. The van der Waals surface area contributed by atoms with Crippen molar-refractivity contribution in [2.24, 2.45) is 5.92 Å². The fourth-order valence-electron chi connectivity index (χ4n) is 3.64. The number of amides is 3. The predicted molar refractivity (Wildman–Crippen MR) is 117 cm³/mol. The summed E-state index contributed by atoms with van der Waals surface area (Å²) < 4.78 is 39.9. The lowest BCUT2D eigenvalue weighted by molar-refractivity contribution is -0.130. The second-order valence-corrected chi connectivity index (χ2v) is 7.85. The Hall–Kier alpha value is -3.40. The van der Waals surface area contributed by atoms with Gasteiger partial charge in [0.05, 0.1) is 24.2 Å². The van der Waals surface area contributed by atoms with Gasteiger partial charge in [0.15, 0.2) is 17.5 Å². The van der Waals surface area contributed by atoms with Crippen molar-refractivity contribution < 1.29 is 27.6 Å². The fourth-order valence-corrected chi connectivity index (χ4v) is 3.64. The van der Waals surface area contributed by atoms with Gasteiger partial charge in [-0.05, 0) is 50.6 Å². The fraction of sp³-hybridized carbons (Fsp3) is 0.348. The Morgan fingerprint density at radius 1 is 1.03 bits per heavy atom. The highest BCUT2D eigenvalue weighted by Gasteiger charge is 2.31. The molecule has 2 atom stereocenters. The Morgan fingerprint density at radius 3 is 2.48 bits per heavy atom. The number of halogens is 3. The largest absolute Gasteiger partial charge is 0.346 e. The topological polar surface area (TPSA) is 90.5 Å². The first-order chi connectivity index (χ1) is 15.8. The third-order valence-electron chi connectivity index (χ3n) is 5.52. The lowest BCUT2D eigenvalue weighted by Crippen LogP contribution is -2.51. The summed E-state index contributed by atoms with van der Waals surface area (Å²) in [5.41, 5.74) is 0.179. The average Bonchev–Trinajstić information content (AvgIpc) is 2.83. The second kappa shape index (κ2) is 11.0. The number of hydrogen-bond acceptors (Lipinski definition) is 4. The Bertz CT molecular complexity index is 1020. The molecular weight excluding hydrogens is 437 g/mol. The highest BCUT2D eigenvalue weighted by Crippen LogP contribution is 2.21. The molecule has 176 valence electrons. The number of piperidine rings is 1. The second-order valence-electron chi connectivity index (χ2n) is 7.85. The smallest absolute Gasteiger partial charge is 0.243 e. The van der Waals surface area contributed by atoms with Gasteiger partial charge in [-0.15, -0.1) is 0 Å². The summed E-state index contributed by atoms with van der Waals surface area (Å²) in [6.45, 7) is 2.20. The van der Waals surface area contributed by atoms with Crippen LogP contribution in [-0.2, 0) is 14.4 Å². The number of nitrogens with zero attached hydrogens (tertiary/aromatic N) is 1. The first-order valence-electron chi connectivity index (χ1n) is 10.6. The van der Waals surface area contributed by atoms with Gasteiger partial charge < -0.3 is 16.0 Å². The molecule has 2 aromatic carbocycles. The zero-order chi connectivity index (χ0) is 24.0. The molecule has 1 heterocycles. The van der Waals surface area contributed by atoms with Crippen molar-refractivity contribution in [3.05, 3.63) is 59.9 Å². The lowest BCUT2D eigenvalue weighted by Gasteiger charge is -2.35. The van der Waals surface area contributed by atoms with E-state index in [4.69, 9.17) is 0 Å². The molecule has 7 nitrogen and oxygen atoms in total. The van der Waals surface area contributed by atoms with E-state index in [1.165, 1.54) is 0 Å². The zero-order valence-corrected chi connectivity index (χ0v) is 18.0. The zero-order valence-electron chi connectivity index (χ0n) is 18.0. The number of carbonyl (C=O) groups is 3. The maximum atomic E-state index is 13.7. The Balaban J connectivity index is 1.49. The molecule has 2 aromatic rings. The minimum atomic E-state index is -1.69. The molecule has 0 bridgehead atoms. The Kier molecular flexibility index (Phi) is 8.05. The summed E-state index contributed by atoms with van der Waals surface area (Å²) in [6, 6.07) is 10.1. The van der Waals surface area contributed by atoms with E-state index >= 15 is 0 Å². The van der Waals surface area contributed by atoms with Crippen LogP contribution >= 0.6 is 0 Å². The summed E-state index contributed by atoms with van der Waals surface area (Å²) in [5, 5.41) is 7.42. The molecule has 1 saturated heterocycles. The van der Waals surface area contributed by atoms with E-state index in [0.29, 0.717) is 31.3 Å². The highest BCUT2D eigenvalue weighted by molar-refractivity contribution is 5.95. The van der Waals surface area contributed by atoms with Crippen molar-refractivity contribution in [2.75, 3.05) is 30.3 Å². The van der Waals surface area contributed by atoms with Crippen LogP contribution in [0, 0.1) is 23.4 Å². The first-order valence-corrected chi connectivity index (χ1v) is 10.6. The molecule has 0 spiro atoms. The third-order valence-corrected chi connectivity index (χ3v) is 5.52. The summed E-state index contributed by atoms with van der Waals surface area (Å²) in [4.78, 5) is 39.0. The minimum absolute atomic E-state index is 0.119. The van der Waals surface area contributed by atoms with Gasteiger partial charge in [-0.1, -0.05) is 18.2 Å². The molecule has 3 amide bonds. The normalized spacial score (nSPS) is 17.2. The van der Waals surface area contributed by atoms with Gasteiger partial charge in [0, 0.05) is 12.2 Å². The average molecular weight is 462 g/mol. The minimum Gasteiger partial charge on any atom is -0.346 e. The quantitative estimate of drug-likeness (QED) is 0.552. The van der Waals surface area contributed by atoms with Crippen LogP contribution in [0.2, 0.25) is 0 Å². The lowest BCUT2D eigenvalue weighted by atomic mass is 9.95. The van der Waals surface area contributed by atoms with E-state index in [2.05, 4.69) is 16.0 Å². The number of carbonyl (C=O) groups excluding carboxylic acids is 3. The van der Waals surface area contributed by atoms with Crippen molar-refractivity contribution in [1.82, 2.24) is 10.2 Å². The number of benzene rings is 2. The van der Waals surface area contributed by atoms with Gasteiger partial charge in [0.1, 0.15) is 0 Å². The molecular formula is C23H25F3N4O3. The van der Waals surface area contributed by atoms with Crippen LogP contribution in [0.5, 0.6) is 0 Å². The van der Waals surface area contributed by atoms with E-state index < -0.39 is 47.5 Å². The molecule has 1 fully saturated rings. The van der Waals surface area contributed by atoms with E-state index in [1.54, 1.807) is 19.1 Å². The van der Waals surface area contributed by atoms with Crippen molar-refractivity contribution in [3.8, 4) is 0 Å². The maximum Gasteiger partial charge on any atom is 0.243 e. The van der Waals surface area contributed by atoms with E-state index in [1.807, 2.05) is 23.1 Å². The molecule has 3 N–H and O–H groups in total. The molecule has 33 heavy (non-hydrogen) atoms. The van der Waals surface area contributed by atoms with E-state index in [-0.39, 0.29) is 11.8 Å². The van der Waals surface area contributed by atoms with Crippen LogP contribution < -0.4 is 16.0 Å². The number of para-hydroxylation sites is 1. The molecule has 0 aliphatic carbocycles. The molecule has 3 rings (SSSR count). The summed E-state index contributed by atoms with van der Waals surface area (Å²) in [5.74, 6) is -6.22. The van der Waals surface area contributed by atoms with Gasteiger partial charge in [0.2, 0.25) is 17.7 Å². The van der Waals surface area contributed by atoms with E-state index in [9.17, 15) is 27.6 Å². The van der Waals surface area contributed by atoms with Crippen LogP contribution in [0.15, 0.2) is 42.5 Å². The molecule has 10 heteroatoms. The number of nitrogens with one attached hydrogen (secondary N) is 3. The first kappa shape index (κ1) is 24.2. The van der Waals surface area contributed by atoms with Crippen LogP contribution in [0.1, 0.15) is 19.8 Å². The van der Waals surface area contributed by atoms with Crippen molar-refractivity contribution >= 4 is 29.1 Å². The van der Waals surface area contributed by atoms with Crippen molar-refractivity contribution in [3.63, 3.8) is 0 Å². The molecule has 0 saturated carbocycles. The standard InChI is InChI=1S/C23H25F3N4O3/c1-14(22(32)27-12-19(31)29-18-10-9-17(24)20(25)21(18)26)30-11-5-6-15(13-30)23(33)28-16-7-3-2-4-8-16/h2-4,7-10,14-15H,5-6,11-13H2,1H3,(H,27,32)(H,28,33)(H,29,31). The van der Waals surface area contributed by atoms with Crippen LogP contribution in [0.3, 0.4) is 0 Å². The van der Waals surface area contributed by atoms with Crippen LogP contribution in [0.25, 0.3) is 0 Å². The third kappa shape index (κ3) is 6.32. The number of hydrogen-bond donors (Lipinski definition) is 3. The molecule has 0 radical (unpaired) electrons. The summed E-state index contributed by atoms with van der Waals surface area (Å²) in [6.07, 6.45) is 1.44. The highest BCUT2D eigenvalue weighted by atomic mass is 19.2. The van der Waals surface area contributed by atoms with Crippen molar-refractivity contribution in [2.45, 2.75) is 25.8 Å². The van der Waals surface area contributed by atoms with Gasteiger partial charge in [0.25, 0.3) is 0 Å². The monoisotopic (exact) mass is 462 g/mol. The van der Waals surface area contributed by atoms with Gasteiger partial charge >= 0.3 is 0 Å². The van der Waals surface area contributed by atoms with E-state index in [0.717, 1.165) is 12.5 Å². The molecule has 2 unspecified atom stereocenters. The Labute approximate surface area is 189 Å². The van der Waals surface area contributed by atoms with Gasteiger partial charge in [-0.2, -0.15) is 0 Å². The van der Waals surface area contributed by atoms with Crippen molar-refractivity contribution in [1.29, 1.82) is 0 Å². The number of likely N-dealkylation sites (tertiary alicyclic amines) is 1. The van der Waals surface area contributed by atoms with Gasteiger partial charge in [-0.25, -0.2) is 13.2 Å². The summed E-state index contributed by atoms with van der Waals surface area (Å²) in [7, 11) is 0. The summed E-state index contributed by atoms with van der Waals surface area (Å²) >= 11 is 0. The van der Waals surface area contributed by atoms with Crippen LogP contribution in [-0.4, -0.2) is 48.3 Å². The molecule has 0 aromatic heterocycles. The Morgan fingerprint density at radius 2 is 1.76 bits per heavy atom. The predicted octanol–water partition coefficient (Wildman–Crippen LogP) is 2.90. The number of anilines is 2. The van der Waals surface area contributed by atoms with Crippen LogP contribution in [0.4, 0.5) is 24.5 Å². The SMILES string of the molecule is CC(C(=O)NCC(=O)Nc1ccc(F)c(F)c1F)N1CCCC(C(=O)Nc2ccccc2)C1. The molecule has 1 aliphatic heterocycles. The molecule has 1 aliphatic rings. The van der Waals surface area contributed by atoms with Gasteiger partial charge in [-0.3, -0.25) is 19.3 Å². The maximum absolute atomic E-state index is 13.7.